The summed E-state index contributed by atoms with van der Waals surface area (Å²) >= 11 is 7.70. The fraction of sp³-hybridized carbons (Fsp3) is 0.294. The third kappa shape index (κ3) is 3.22. The summed E-state index contributed by atoms with van der Waals surface area (Å²) in [7, 11) is 1.87. The quantitative estimate of drug-likeness (QED) is 0.749. The summed E-state index contributed by atoms with van der Waals surface area (Å²) in [4.78, 5) is 13.0. The number of aromatic nitrogens is 2. The summed E-state index contributed by atoms with van der Waals surface area (Å²) in [6, 6.07) is 4.69. The highest BCUT2D eigenvalue weighted by Gasteiger charge is 2.15. The summed E-state index contributed by atoms with van der Waals surface area (Å²) in [5.74, 6) is 0.806. The molecule has 24 heavy (non-hydrogen) atoms. The van der Waals surface area contributed by atoms with Crippen molar-refractivity contribution < 1.29 is 4.39 Å². The van der Waals surface area contributed by atoms with Gasteiger partial charge in [0.15, 0.2) is 0 Å². The van der Waals surface area contributed by atoms with E-state index in [-0.39, 0.29) is 5.82 Å². The summed E-state index contributed by atoms with van der Waals surface area (Å²) < 4.78 is 13.9. The Bertz CT molecular complexity index is 889. The van der Waals surface area contributed by atoms with Crippen LogP contribution in [0.15, 0.2) is 18.2 Å². The Morgan fingerprint density at radius 2 is 2.00 bits per heavy atom. The zero-order valence-corrected chi connectivity index (χ0v) is 15.3. The van der Waals surface area contributed by atoms with Gasteiger partial charge >= 0.3 is 0 Å². The van der Waals surface area contributed by atoms with Crippen LogP contribution in [0, 0.1) is 19.7 Å². The van der Waals surface area contributed by atoms with Gasteiger partial charge in [0.25, 0.3) is 0 Å². The molecule has 3 rings (SSSR count). The molecule has 4 nitrogen and oxygen atoms in total. The number of hydrogen-bond donors (Lipinski definition) is 1. The van der Waals surface area contributed by atoms with E-state index in [1.165, 1.54) is 10.9 Å². The molecule has 0 saturated heterocycles. The van der Waals surface area contributed by atoms with Crippen molar-refractivity contribution in [2.75, 3.05) is 12.8 Å². The molecule has 3 aromatic rings. The Labute approximate surface area is 149 Å². The van der Waals surface area contributed by atoms with Crippen molar-refractivity contribution in [3.8, 4) is 0 Å². The molecule has 0 aliphatic carbocycles. The second-order valence-electron chi connectivity index (χ2n) is 5.86. The van der Waals surface area contributed by atoms with Gasteiger partial charge in [-0.05, 0) is 38.6 Å². The maximum Gasteiger partial charge on any atom is 0.146 e. The van der Waals surface area contributed by atoms with Crippen LogP contribution < -0.4 is 5.73 Å². The second-order valence-corrected chi connectivity index (χ2v) is 7.47. The van der Waals surface area contributed by atoms with Crippen LogP contribution >= 0.6 is 22.9 Å². The number of nitrogens with two attached hydrogens (primary N) is 1. The van der Waals surface area contributed by atoms with Gasteiger partial charge in [0, 0.05) is 22.0 Å². The number of benzene rings is 1. The lowest BCUT2D eigenvalue weighted by molar-refractivity contribution is 0.306. The molecule has 0 fully saturated rings. The van der Waals surface area contributed by atoms with Crippen LogP contribution in [0.25, 0.3) is 10.2 Å². The SMILES string of the molecule is Cc1sc2nc(CN(C)Cc3c(F)cccc3Cl)nc(N)c2c1C. The van der Waals surface area contributed by atoms with Crippen LogP contribution in [-0.4, -0.2) is 21.9 Å². The molecule has 0 atom stereocenters. The number of fused-ring (bicyclic) bond motifs is 1. The first kappa shape index (κ1) is 17.1. The van der Waals surface area contributed by atoms with Gasteiger partial charge in [-0.2, -0.15) is 0 Å². The Morgan fingerprint density at radius 1 is 1.25 bits per heavy atom. The van der Waals surface area contributed by atoms with Crippen LogP contribution in [0.5, 0.6) is 0 Å². The minimum atomic E-state index is -0.310. The molecule has 2 aromatic heterocycles. The zero-order chi connectivity index (χ0) is 17.4. The highest BCUT2D eigenvalue weighted by Crippen LogP contribution is 2.32. The Morgan fingerprint density at radius 3 is 2.71 bits per heavy atom. The molecule has 1 aromatic carbocycles. The van der Waals surface area contributed by atoms with Crippen molar-refractivity contribution in [2.45, 2.75) is 26.9 Å². The summed E-state index contributed by atoms with van der Waals surface area (Å²) in [6.07, 6.45) is 0. The lowest BCUT2D eigenvalue weighted by Crippen LogP contribution is -2.20. The standard InChI is InChI=1S/C17H18ClFN4S/c1-9-10(2)24-17-15(9)16(20)21-14(22-17)8-23(3)7-11-12(18)5-4-6-13(11)19/h4-6H,7-8H2,1-3H3,(H2,20,21,22). The molecule has 7 heteroatoms. The number of halogens is 2. The van der Waals surface area contributed by atoms with E-state index in [2.05, 4.69) is 9.97 Å². The number of rotatable bonds is 4. The number of nitrogens with zero attached hydrogens (tertiary/aromatic N) is 3. The molecule has 0 amide bonds. The Hall–Kier alpha value is -1.76. The van der Waals surface area contributed by atoms with Crippen molar-refractivity contribution >= 4 is 39.0 Å². The predicted molar refractivity (Wildman–Crippen MR) is 97.9 cm³/mol. The van der Waals surface area contributed by atoms with Crippen molar-refractivity contribution in [3.63, 3.8) is 0 Å². The van der Waals surface area contributed by atoms with Crippen molar-refractivity contribution in [2.24, 2.45) is 0 Å². The van der Waals surface area contributed by atoms with Gasteiger partial charge in [0.1, 0.15) is 22.3 Å². The highest BCUT2D eigenvalue weighted by atomic mass is 35.5. The molecule has 0 unspecified atom stereocenters. The summed E-state index contributed by atoms with van der Waals surface area (Å²) in [5.41, 5.74) is 7.70. The van der Waals surface area contributed by atoms with Crippen LogP contribution in [0.3, 0.4) is 0 Å². The fourth-order valence-corrected chi connectivity index (χ4v) is 3.93. The molecule has 126 valence electrons. The van der Waals surface area contributed by atoms with Gasteiger partial charge in [-0.3, -0.25) is 4.90 Å². The van der Waals surface area contributed by atoms with E-state index in [9.17, 15) is 4.39 Å². The summed E-state index contributed by atoms with van der Waals surface area (Å²) in [6.45, 7) is 4.91. The number of hydrogen-bond acceptors (Lipinski definition) is 5. The largest absolute Gasteiger partial charge is 0.383 e. The molecule has 0 saturated carbocycles. The number of nitrogen functional groups attached to an aromatic ring is 1. The van der Waals surface area contributed by atoms with Crippen LogP contribution in [0.1, 0.15) is 21.8 Å². The van der Waals surface area contributed by atoms with Crippen molar-refractivity contribution in [1.29, 1.82) is 0 Å². The molecular weight excluding hydrogens is 347 g/mol. The first-order valence-corrected chi connectivity index (χ1v) is 8.69. The first-order valence-electron chi connectivity index (χ1n) is 7.50. The second kappa shape index (κ2) is 6.63. The van der Waals surface area contributed by atoms with E-state index in [1.54, 1.807) is 23.5 Å². The van der Waals surface area contributed by atoms with Crippen LogP contribution in [0.4, 0.5) is 10.2 Å². The number of aryl methyl sites for hydroxylation is 2. The predicted octanol–water partition coefficient (Wildman–Crippen LogP) is 4.31. The molecule has 2 N–H and O–H groups in total. The molecule has 0 radical (unpaired) electrons. The van der Waals surface area contributed by atoms with E-state index in [1.807, 2.05) is 25.8 Å². The minimum absolute atomic E-state index is 0.310. The Balaban J connectivity index is 1.84. The lowest BCUT2D eigenvalue weighted by atomic mass is 10.2. The molecule has 0 bridgehead atoms. The molecule has 2 heterocycles. The Kier molecular flexibility index (Phi) is 4.71. The van der Waals surface area contributed by atoms with Crippen LogP contribution in [-0.2, 0) is 13.1 Å². The van der Waals surface area contributed by atoms with E-state index in [0.29, 0.717) is 35.3 Å². The maximum absolute atomic E-state index is 13.9. The normalized spacial score (nSPS) is 11.6. The van der Waals surface area contributed by atoms with Crippen molar-refractivity contribution in [1.82, 2.24) is 14.9 Å². The lowest BCUT2D eigenvalue weighted by Gasteiger charge is -2.17. The van der Waals surface area contributed by atoms with Gasteiger partial charge in [0.2, 0.25) is 0 Å². The average molecular weight is 365 g/mol. The van der Waals surface area contributed by atoms with Gasteiger partial charge in [-0.1, -0.05) is 17.7 Å². The fourth-order valence-electron chi connectivity index (χ4n) is 2.65. The third-order valence-electron chi connectivity index (χ3n) is 4.00. The van der Waals surface area contributed by atoms with Crippen molar-refractivity contribution in [3.05, 3.63) is 50.9 Å². The summed E-state index contributed by atoms with van der Waals surface area (Å²) in [5, 5.41) is 1.35. The van der Waals surface area contributed by atoms with E-state index >= 15 is 0 Å². The van der Waals surface area contributed by atoms with E-state index < -0.39 is 0 Å². The topological polar surface area (TPSA) is 55.0 Å². The molecule has 0 aliphatic rings. The first-order chi connectivity index (χ1) is 11.4. The molecule has 0 aliphatic heterocycles. The highest BCUT2D eigenvalue weighted by molar-refractivity contribution is 7.18. The minimum Gasteiger partial charge on any atom is -0.383 e. The molecular formula is C17H18ClFN4S. The monoisotopic (exact) mass is 364 g/mol. The van der Waals surface area contributed by atoms with Gasteiger partial charge < -0.3 is 5.73 Å². The van der Waals surface area contributed by atoms with Crippen LogP contribution in [0.2, 0.25) is 5.02 Å². The number of thiophene rings is 1. The molecule has 0 spiro atoms. The van der Waals surface area contributed by atoms with Gasteiger partial charge in [-0.15, -0.1) is 11.3 Å². The smallest absolute Gasteiger partial charge is 0.146 e. The third-order valence-corrected chi connectivity index (χ3v) is 5.46. The van der Waals surface area contributed by atoms with E-state index in [4.69, 9.17) is 17.3 Å². The average Bonchev–Trinajstić information content (AvgIpc) is 2.78. The van der Waals surface area contributed by atoms with E-state index in [0.717, 1.165) is 15.8 Å². The van der Waals surface area contributed by atoms with Gasteiger partial charge in [-0.25, -0.2) is 14.4 Å². The van der Waals surface area contributed by atoms with Gasteiger partial charge in [0.05, 0.1) is 11.9 Å². The number of anilines is 1. The zero-order valence-electron chi connectivity index (χ0n) is 13.7. The maximum atomic E-state index is 13.9.